The predicted octanol–water partition coefficient (Wildman–Crippen LogP) is 2.93. The van der Waals surface area contributed by atoms with Crippen molar-refractivity contribution in [3.05, 3.63) is 16.8 Å². The average Bonchev–Trinajstić information content (AvgIpc) is 2.86. The summed E-state index contributed by atoms with van der Waals surface area (Å²) in [6.07, 6.45) is 6.71. The first-order valence-corrected chi connectivity index (χ1v) is 8.29. The fourth-order valence-corrected chi connectivity index (χ4v) is 3.98. The van der Waals surface area contributed by atoms with Gasteiger partial charge in [-0.1, -0.05) is 6.92 Å². The van der Waals surface area contributed by atoms with E-state index >= 15 is 0 Å². The van der Waals surface area contributed by atoms with Gasteiger partial charge in [-0.05, 0) is 44.8 Å². The van der Waals surface area contributed by atoms with Crippen LogP contribution in [0.15, 0.2) is 6.33 Å². The fraction of sp³-hybridized carbons (Fsp3) is 0.600. The largest absolute Gasteiger partial charge is 0.368 e. The fourth-order valence-electron chi connectivity index (χ4n) is 2.75. The van der Waals surface area contributed by atoms with E-state index in [2.05, 4.69) is 34.2 Å². The number of likely N-dealkylation sites (N-methyl/N-ethyl adjacent to an activating group) is 1. The van der Waals surface area contributed by atoms with E-state index in [1.165, 1.54) is 41.5 Å². The van der Waals surface area contributed by atoms with Gasteiger partial charge in [-0.2, -0.15) is 0 Å². The van der Waals surface area contributed by atoms with Crippen molar-refractivity contribution in [3.63, 3.8) is 0 Å². The summed E-state index contributed by atoms with van der Waals surface area (Å²) in [4.78, 5) is 13.9. The van der Waals surface area contributed by atoms with Gasteiger partial charge in [0.1, 0.15) is 17.0 Å². The summed E-state index contributed by atoms with van der Waals surface area (Å²) >= 11 is 1.86. The third-order valence-electron chi connectivity index (χ3n) is 4.08. The van der Waals surface area contributed by atoms with Gasteiger partial charge in [-0.25, -0.2) is 9.97 Å². The third-order valence-corrected chi connectivity index (χ3v) is 5.28. The molecule has 0 atom stereocenters. The van der Waals surface area contributed by atoms with Gasteiger partial charge in [-0.15, -0.1) is 11.3 Å². The van der Waals surface area contributed by atoms with Crippen LogP contribution in [0.4, 0.5) is 5.82 Å². The molecule has 0 radical (unpaired) electrons. The van der Waals surface area contributed by atoms with Gasteiger partial charge in [0, 0.05) is 18.0 Å². The second-order valence-electron chi connectivity index (χ2n) is 5.44. The highest BCUT2D eigenvalue weighted by molar-refractivity contribution is 7.19. The highest BCUT2D eigenvalue weighted by Gasteiger charge is 2.19. The van der Waals surface area contributed by atoms with Crippen molar-refractivity contribution in [2.24, 2.45) is 0 Å². The summed E-state index contributed by atoms with van der Waals surface area (Å²) in [6.45, 7) is 5.22. The molecule has 2 aromatic rings. The Morgan fingerprint density at radius 2 is 2.15 bits per heavy atom. The zero-order valence-corrected chi connectivity index (χ0v) is 13.1. The van der Waals surface area contributed by atoms with Crippen molar-refractivity contribution in [1.29, 1.82) is 0 Å². The van der Waals surface area contributed by atoms with Gasteiger partial charge in [0.15, 0.2) is 0 Å². The van der Waals surface area contributed by atoms with Crippen molar-refractivity contribution in [2.75, 3.05) is 32.0 Å². The highest BCUT2D eigenvalue weighted by Crippen LogP contribution is 2.37. The molecule has 1 aliphatic carbocycles. The Balaban J connectivity index is 1.85. The van der Waals surface area contributed by atoms with Gasteiger partial charge in [0.25, 0.3) is 0 Å². The first kappa shape index (κ1) is 13.8. The Hall–Kier alpha value is -1.20. The molecule has 0 fully saturated rings. The van der Waals surface area contributed by atoms with Crippen LogP contribution in [0.2, 0.25) is 0 Å². The summed E-state index contributed by atoms with van der Waals surface area (Å²) in [5.41, 5.74) is 1.50. The number of aromatic nitrogens is 2. The molecule has 3 rings (SSSR count). The van der Waals surface area contributed by atoms with E-state index in [0.717, 1.165) is 30.3 Å². The van der Waals surface area contributed by atoms with E-state index in [0.29, 0.717) is 0 Å². The zero-order valence-electron chi connectivity index (χ0n) is 12.3. The minimum atomic E-state index is 0.932. The van der Waals surface area contributed by atoms with E-state index in [1.54, 1.807) is 6.33 Å². The Bertz CT molecular complexity index is 593. The standard InChI is InChI=1S/C15H22N4S/c1-3-19(2)9-8-16-14-13-11-6-4-5-7-12(11)20-15(13)18-10-17-14/h10H,3-9H2,1-2H3,(H,16,17,18). The SMILES string of the molecule is CCN(C)CCNc1ncnc2sc3c(c12)CCCC3. The van der Waals surface area contributed by atoms with Crippen LogP contribution in [0.25, 0.3) is 10.2 Å². The molecule has 108 valence electrons. The Kier molecular flexibility index (Phi) is 4.17. The maximum atomic E-state index is 4.48. The molecule has 0 saturated carbocycles. The lowest BCUT2D eigenvalue weighted by molar-refractivity contribution is 0.367. The maximum absolute atomic E-state index is 4.48. The van der Waals surface area contributed by atoms with Crippen LogP contribution < -0.4 is 5.32 Å². The molecule has 0 unspecified atom stereocenters. The molecule has 1 N–H and O–H groups in total. The van der Waals surface area contributed by atoms with Crippen LogP contribution in [0, 0.1) is 0 Å². The molecule has 5 heteroatoms. The van der Waals surface area contributed by atoms with Crippen LogP contribution in [-0.2, 0) is 12.8 Å². The Labute approximate surface area is 124 Å². The van der Waals surface area contributed by atoms with Gasteiger partial charge in [0.05, 0.1) is 5.39 Å². The van der Waals surface area contributed by atoms with Crippen LogP contribution in [0.5, 0.6) is 0 Å². The molecule has 4 nitrogen and oxygen atoms in total. The number of rotatable bonds is 5. The van der Waals surface area contributed by atoms with Crippen molar-refractivity contribution in [2.45, 2.75) is 32.6 Å². The monoisotopic (exact) mass is 290 g/mol. The first-order valence-electron chi connectivity index (χ1n) is 7.47. The lowest BCUT2D eigenvalue weighted by atomic mass is 9.97. The molecule has 0 amide bonds. The summed E-state index contributed by atoms with van der Waals surface area (Å²) in [5.74, 6) is 1.03. The number of aryl methyl sites for hydroxylation is 2. The van der Waals surface area contributed by atoms with E-state index < -0.39 is 0 Å². The number of hydrogen-bond donors (Lipinski definition) is 1. The first-order chi connectivity index (χ1) is 9.79. The van der Waals surface area contributed by atoms with Crippen LogP contribution in [0.3, 0.4) is 0 Å². The molecule has 2 aromatic heterocycles. The molecule has 0 spiro atoms. The number of nitrogens with zero attached hydrogens (tertiary/aromatic N) is 3. The topological polar surface area (TPSA) is 41.0 Å². The second-order valence-corrected chi connectivity index (χ2v) is 6.52. The Morgan fingerprint density at radius 1 is 1.30 bits per heavy atom. The van der Waals surface area contributed by atoms with Crippen molar-refractivity contribution in [3.8, 4) is 0 Å². The van der Waals surface area contributed by atoms with Crippen LogP contribution in [-0.4, -0.2) is 41.5 Å². The van der Waals surface area contributed by atoms with Gasteiger partial charge in [0.2, 0.25) is 0 Å². The van der Waals surface area contributed by atoms with E-state index in [1.807, 2.05) is 11.3 Å². The molecular formula is C15H22N4S. The summed E-state index contributed by atoms with van der Waals surface area (Å²) in [5, 5.41) is 4.79. The predicted molar refractivity (Wildman–Crippen MR) is 85.7 cm³/mol. The minimum Gasteiger partial charge on any atom is -0.368 e. The molecular weight excluding hydrogens is 268 g/mol. The molecule has 20 heavy (non-hydrogen) atoms. The molecule has 0 saturated heterocycles. The molecule has 1 aliphatic rings. The van der Waals surface area contributed by atoms with Crippen molar-refractivity contribution < 1.29 is 0 Å². The zero-order chi connectivity index (χ0) is 13.9. The molecule has 0 aliphatic heterocycles. The summed E-state index contributed by atoms with van der Waals surface area (Å²) in [7, 11) is 2.14. The summed E-state index contributed by atoms with van der Waals surface area (Å²) in [6, 6.07) is 0. The van der Waals surface area contributed by atoms with Crippen molar-refractivity contribution in [1.82, 2.24) is 14.9 Å². The third kappa shape index (κ3) is 2.65. The summed E-state index contributed by atoms with van der Waals surface area (Å²) < 4.78 is 0. The van der Waals surface area contributed by atoms with E-state index in [-0.39, 0.29) is 0 Å². The lowest BCUT2D eigenvalue weighted by Gasteiger charge is -2.15. The maximum Gasteiger partial charge on any atom is 0.138 e. The number of hydrogen-bond acceptors (Lipinski definition) is 5. The van der Waals surface area contributed by atoms with Crippen molar-refractivity contribution >= 4 is 27.4 Å². The van der Waals surface area contributed by atoms with Gasteiger partial charge >= 0.3 is 0 Å². The second kappa shape index (κ2) is 6.06. The molecule has 2 heterocycles. The Morgan fingerprint density at radius 3 is 3.00 bits per heavy atom. The lowest BCUT2D eigenvalue weighted by Crippen LogP contribution is -2.25. The minimum absolute atomic E-state index is 0.932. The quantitative estimate of drug-likeness (QED) is 0.919. The number of anilines is 1. The molecule has 0 bridgehead atoms. The van der Waals surface area contributed by atoms with Gasteiger partial charge in [-0.3, -0.25) is 0 Å². The number of nitrogens with one attached hydrogen (secondary N) is 1. The van der Waals surface area contributed by atoms with E-state index in [9.17, 15) is 0 Å². The average molecular weight is 290 g/mol. The van der Waals surface area contributed by atoms with E-state index in [4.69, 9.17) is 0 Å². The van der Waals surface area contributed by atoms with Gasteiger partial charge < -0.3 is 10.2 Å². The van der Waals surface area contributed by atoms with Crippen LogP contribution >= 0.6 is 11.3 Å². The normalized spacial score (nSPS) is 14.8. The molecule has 0 aromatic carbocycles. The van der Waals surface area contributed by atoms with Crippen LogP contribution in [0.1, 0.15) is 30.2 Å². The number of thiophene rings is 1. The highest BCUT2D eigenvalue weighted by atomic mass is 32.1. The smallest absolute Gasteiger partial charge is 0.138 e. The number of fused-ring (bicyclic) bond motifs is 3.